The van der Waals surface area contributed by atoms with Crippen molar-refractivity contribution in [2.45, 2.75) is 26.9 Å². The van der Waals surface area contributed by atoms with Crippen molar-refractivity contribution in [1.82, 2.24) is 14.9 Å². The fourth-order valence-corrected chi connectivity index (χ4v) is 2.09. The molecular weight excluding hydrogens is 258 g/mol. The minimum Gasteiger partial charge on any atom is -0.333 e. The zero-order valence-corrected chi connectivity index (χ0v) is 12.2. The Bertz CT molecular complexity index is 520. The molecule has 0 aliphatic heterocycles. The fourth-order valence-electron chi connectivity index (χ4n) is 1.90. The Morgan fingerprint density at radius 3 is 2.84 bits per heavy atom. The van der Waals surface area contributed by atoms with Crippen LogP contribution in [0, 0.1) is 5.92 Å². The van der Waals surface area contributed by atoms with E-state index in [1.54, 1.807) is 0 Å². The quantitative estimate of drug-likeness (QED) is 0.878. The Balaban J connectivity index is 1.92. The van der Waals surface area contributed by atoms with Crippen LogP contribution in [0.1, 0.15) is 25.1 Å². The molecule has 0 bridgehead atoms. The maximum atomic E-state index is 6.15. The van der Waals surface area contributed by atoms with E-state index in [-0.39, 0.29) is 0 Å². The molecule has 1 N–H and O–H groups in total. The Kier molecular flexibility index (Phi) is 5.00. The standard InChI is InChI=1S/C15H20ClN3/c1-12(2)7-17-8-14-10-19(11-18-14)9-13-5-3-4-6-15(13)16/h3-6,10-12,17H,7-9H2,1-2H3. The van der Waals surface area contributed by atoms with Gasteiger partial charge in [-0.05, 0) is 24.1 Å². The van der Waals surface area contributed by atoms with Crippen LogP contribution >= 0.6 is 11.6 Å². The van der Waals surface area contributed by atoms with Crippen molar-refractivity contribution in [3.63, 3.8) is 0 Å². The van der Waals surface area contributed by atoms with Gasteiger partial charge in [0.1, 0.15) is 0 Å². The molecule has 0 spiro atoms. The van der Waals surface area contributed by atoms with Crippen molar-refractivity contribution in [2.24, 2.45) is 5.92 Å². The van der Waals surface area contributed by atoms with E-state index >= 15 is 0 Å². The fraction of sp³-hybridized carbons (Fsp3) is 0.400. The molecule has 0 aliphatic rings. The maximum Gasteiger partial charge on any atom is 0.0953 e. The lowest BCUT2D eigenvalue weighted by Crippen LogP contribution is -2.19. The Morgan fingerprint density at radius 1 is 1.32 bits per heavy atom. The largest absolute Gasteiger partial charge is 0.333 e. The molecule has 2 rings (SSSR count). The highest BCUT2D eigenvalue weighted by atomic mass is 35.5. The van der Waals surface area contributed by atoms with Crippen molar-refractivity contribution < 1.29 is 0 Å². The number of hydrogen-bond acceptors (Lipinski definition) is 2. The number of hydrogen-bond donors (Lipinski definition) is 1. The second-order valence-corrected chi connectivity index (χ2v) is 5.56. The zero-order chi connectivity index (χ0) is 13.7. The summed E-state index contributed by atoms with van der Waals surface area (Å²) >= 11 is 6.15. The summed E-state index contributed by atoms with van der Waals surface area (Å²) in [4.78, 5) is 4.40. The third kappa shape index (κ3) is 4.37. The Morgan fingerprint density at radius 2 is 2.11 bits per heavy atom. The SMILES string of the molecule is CC(C)CNCc1cn(Cc2ccccc2Cl)cn1. The van der Waals surface area contributed by atoms with Gasteiger partial charge in [0.15, 0.2) is 0 Å². The third-order valence-corrected chi connectivity index (χ3v) is 3.22. The molecule has 0 saturated heterocycles. The molecule has 102 valence electrons. The summed E-state index contributed by atoms with van der Waals surface area (Å²) in [5, 5.41) is 4.19. The van der Waals surface area contributed by atoms with E-state index in [9.17, 15) is 0 Å². The van der Waals surface area contributed by atoms with E-state index in [4.69, 9.17) is 11.6 Å². The predicted octanol–water partition coefficient (Wildman–Crippen LogP) is 3.33. The van der Waals surface area contributed by atoms with Crippen LogP contribution in [-0.4, -0.2) is 16.1 Å². The Labute approximate surface area is 119 Å². The van der Waals surface area contributed by atoms with Crippen LogP contribution in [-0.2, 0) is 13.1 Å². The number of nitrogens with one attached hydrogen (secondary N) is 1. The Hall–Kier alpha value is -1.32. The molecular formula is C15H20ClN3. The first-order chi connectivity index (χ1) is 9.15. The van der Waals surface area contributed by atoms with Gasteiger partial charge in [0.25, 0.3) is 0 Å². The summed E-state index contributed by atoms with van der Waals surface area (Å²) in [7, 11) is 0. The average Bonchev–Trinajstić information content (AvgIpc) is 2.79. The summed E-state index contributed by atoms with van der Waals surface area (Å²) in [5.74, 6) is 0.658. The van der Waals surface area contributed by atoms with Gasteiger partial charge in [-0.2, -0.15) is 0 Å². The molecule has 0 unspecified atom stereocenters. The first kappa shape index (κ1) is 14.1. The van der Waals surface area contributed by atoms with E-state index in [0.29, 0.717) is 5.92 Å². The second kappa shape index (κ2) is 6.73. The molecule has 4 heteroatoms. The highest BCUT2D eigenvalue weighted by Gasteiger charge is 2.03. The molecule has 0 radical (unpaired) electrons. The summed E-state index contributed by atoms with van der Waals surface area (Å²) in [6.45, 7) is 6.98. The van der Waals surface area contributed by atoms with Crippen LogP contribution in [0.2, 0.25) is 5.02 Å². The van der Waals surface area contributed by atoms with Gasteiger partial charge in [0.05, 0.1) is 12.0 Å². The molecule has 2 aromatic rings. The van der Waals surface area contributed by atoms with Crippen molar-refractivity contribution in [3.05, 3.63) is 53.1 Å². The van der Waals surface area contributed by atoms with Crippen LogP contribution in [0.25, 0.3) is 0 Å². The second-order valence-electron chi connectivity index (χ2n) is 5.15. The molecule has 3 nitrogen and oxygen atoms in total. The van der Waals surface area contributed by atoms with Crippen LogP contribution in [0.5, 0.6) is 0 Å². The molecule has 1 aromatic carbocycles. The van der Waals surface area contributed by atoms with Gasteiger partial charge in [-0.25, -0.2) is 4.98 Å². The molecule has 1 aromatic heterocycles. The predicted molar refractivity (Wildman–Crippen MR) is 79.3 cm³/mol. The number of aromatic nitrogens is 2. The molecule has 1 heterocycles. The van der Waals surface area contributed by atoms with Crippen molar-refractivity contribution in [3.8, 4) is 0 Å². The summed E-state index contributed by atoms with van der Waals surface area (Å²) < 4.78 is 2.06. The molecule has 0 aliphatic carbocycles. The zero-order valence-electron chi connectivity index (χ0n) is 11.4. The van der Waals surface area contributed by atoms with Gasteiger partial charge >= 0.3 is 0 Å². The molecule has 0 fully saturated rings. The lowest BCUT2D eigenvalue weighted by molar-refractivity contribution is 0.548. The van der Waals surface area contributed by atoms with E-state index in [0.717, 1.165) is 35.9 Å². The van der Waals surface area contributed by atoms with Crippen LogP contribution in [0.15, 0.2) is 36.8 Å². The van der Waals surface area contributed by atoms with Crippen LogP contribution in [0.3, 0.4) is 0 Å². The average molecular weight is 278 g/mol. The van der Waals surface area contributed by atoms with Gasteiger partial charge < -0.3 is 9.88 Å². The number of nitrogens with zero attached hydrogens (tertiary/aromatic N) is 2. The van der Waals surface area contributed by atoms with E-state index in [1.165, 1.54) is 0 Å². The van der Waals surface area contributed by atoms with Gasteiger partial charge in [-0.3, -0.25) is 0 Å². The van der Waals surface area contributed by atoms with E-state index in [1.807, 2.05) is 30.6 Å². The number of benzene rings is 1. The maximum absolute atomic E-state index is 6.15. The van der Waals surface area contributed by atoms with Gasteiger partial charge in [-0.15, -0.1) is 0 Å². The van der Waals surface area contributed by atoms with E-state index in [2.05, 4.69) is 34.9 Å². The third-order valence-electron chi connectivity index (χ3n) is 2.86. The lowest BCUT2D eigenvalue weighted by Gasteiger charge is -2.05. The lowest BCUT2D eigenvalue weighted by atomic mass is 10.2. The summed E-state index contributed by atoms with van der Waals surface area (Å²) in [6.07, 6.45) is 3.92. The van der Waals surface area contributed by atoms with Crippen molar-refractivity contribution >= 4 is 11.6 Å². The molecule has 19 heavy (non-hydrogen) atoms. The monoisotopic (exact) mass is 277 g/mol. The van der Waals surface area contributed by atoms with Gasteiger partial charge in [0, 0.05) is 24.3 Å². The normalized spacial score (nSPS) is 11.2. The first-order valence-electron chi connectivity index (χ1n) is 6.60. The highest BCUT2D eigenvalue weighted by Crippen LogP contribution is 2.16. The highest BCUT2D eigenvalue weighted by molar-refractivity contribution is 6.31. The van der Waals surface area contributed by atoms with Crippen molar-refractivity contribution in [2.75, 3.05) is 6.54 Å². The molecule has 0 saturated carbocycles. The summed E-state index contributed by atoms with van der Waals surface area (Å²) in [5.41, 5.74) is 2.18. The number of rotatable bonds is 6. The number of imidazole rings is 1. The van der Waals surface area contributed by atoms with Crippen LogP contribution in [0.4, 0.5) is 0 Å². The van der Waals surface area contributed by atoms with Crippen molar-refractivity contribution in [1.29, 1.82) is 0 Å². The smallest absolute Gasteiger partial charge is 0.0953 e. The first-order valence-corrected chi connectivity index (χ1v) is 6.97. The molecule has 0 amide bonds. The minimum absolute atomic E-state index is 0.658. The minimum atomic E-state index is 0.658. The number of halogens is 1. The van der Waals surface area contributed by atoms with E-state index < -0.39 is 0 Å². The summed E-state index contributed by atoms with van der Waals surface area (Å²) in [6, 6.07) is 7.90. The van der Waals surface area contributed by atoms with Gasteiger partial charge in [-0.1, -0.05) is 43.6 Å². The van der Waals surface area contributed by atoms with Gasteiger partial charge in [0.2, 0.25) is 0 Å². The van der Waals surface area contributed by atoms with Crippen LogP contribution < -0.4 is 5.32 Å². The topological polar surface area (TPSA) is 29.9 Å². The molecule has 0 atom stereocenters.